The molecule has 0 spiro atoms. The van der Waals surface area contributed by atoms with Gasteiger partial charge < -0.3 is 23.7 Å². The molecule has 0 aliphatic heterocycles. The number of Topliss-reactive ketones (excluding diaryl/α,β-unsaturated/α-hetero) is 1. The molecule has 0 heterocycles. The van der Waals surface area contributed by atoms with Gasteiger partial charge in [0, 0.05) is 12.5 Å². The molecule has 0 atom stereocenters. The van der Waals surface area contributed by atoms with Crippen molar-refractivity contribution in [3.8, 4) is 23.0 Å². The van der Waals surface area contributed by atoms with Crippen molar-refractivity contribution in [2.75, 3.05) is 27.9 Å². The van der Waals surface area contributed by atoms with E-state index in [4.69, 9.17) is 23.7 Å². The predicted molar refractivity (Wildman–Crippen MR) is 98.5 cm³/mol. The predicted octanol–water partition coefficient (Wildman–Crippen LogP) is 2.68. The van der Waals surface area contributed by atoms with Gasteiger partial charge in [-0.1, -0.05) is 0 Å². The summed E-state index contributed by atoms with van der Waals surface area (Å²) < 4.78 is 25.6. The Balaban J connectivity index is 2.07. The van der Waals surface area contributed by atoms with Gasteiger partial charge in [0.1, 0.15) is 5.75 Å². The van der Waals surface area contributed by atoms with Crippen LogP contribution in [0.4, 0.5) is 0 Å². The lowest BCUT2D eigenvalue weighted by atomic mass is 10.1. The summed E-state index contributed by atoms with van der Waals surface area (Å²) in [6.07, 6.45) is 0. The lowest BCUT2D eigenvalue weighted by Gasteiger charge is -2.13. The van der Waals surface area contributed by atoms with Crippen LogP contribution in [0, 0.1) is 0 Å². The number of rotatable bonds is 8. The van der Waals surface area contributed by atoms with Crippen molar-refractivity contribution in [3.63, 3.8) is 0 Å². The molecule has 148 valence electrons. The van der Waals surface area contributed by atoms with Gasteiger partial charge in [-0.3, -0.25) is 9.59 Å². The Morgan fingerprint density at radius 1 is 0.821 bits per heavy atom. The second-order valence-electron chi connectivity index (χ2n) is 5.53. The molecule has 0 saturated carbocycles. The van der Waals surface area contributed by atoms with Crippen molar-refractivity contribution in [2.45, 2.75) is 6.92 Å². The minimum absolute atomic E-state index is 0.146. The smallest absolute Gasteiger partial charge is 0.338 e. The fourth-order valence-electron chi connectivity index (χ4n) is 2.37. The van der Waals surface area contributed by atoms with Crippen molar-refractivity contribution in [1.82, 2.24) is 0 Å². The Morgan fingerprint density at radius 2 is 1.39 bits per heavy atom. The average molecular weight is 388 g/mol. The van der Waals surface area contributed by atoms with Crippen LogP contribution in [0.15, 0.2) is 36.4 Å². The van der Waals surface area contributed by atoms with E-state index in [-0.39, 0.29) is 5.56 Å². The van der Waals surface area contributed by atoms with Crippen molar-refractivity contribution < 1.29 is 38.1 Å². The Kier molecular flexibility index (Phi) is 6.97. The number of benzene rings is 2. The summed E-state index contributed by atoms with van der Waals surface area (Å²) in [6.45, 7) is 0.823. The number of carbonyl (C=O) groups excluding carboxylic acids is 3. The van der Waals surface area contributed by atoms with Gasteiger partial charge in [0.05, 0.1) is 26.9 Å². The maximum Gasteiger partial charge on any atom is 0.338 e. The number of hydrogen-bond acceptors (Lipinski definition) is 8. The van der Waals surface area contributed by atoms with Gasteiger partial charge in [0.15, 0.2) is 23.9 Å². The van der Waals surface area contributed by atoms with Crippen LogP contribution >= 0.6 is 0 Å². The number of ketones is 1. The molecule has 8 heteroatoms. The highest BCUT2D eigenvalue weighted by Crippen LogP contribution is 2.38. The molecule has 0 N–H and O–H groups in total. The lowest BCUT2D eigenvalue weighted by molar-refractivity contribution is -0.131. The summed E-state index contributed by atoms with van der Waals surface area (Å²) in [6, 6.07) is 8.79. The van der Waals surface area contributed by atoms with Crippen LogP contribution in [-0.2, 0) is 9.53 Å². The van der Waals surface area contributed by atoms with E-state index < -0.39 is 24.3 Å². The summed E-state index contributed by atoms with van der Waals surface area (Å²) in [5.41, 5.74) is 0.459. The van der Waals surface area contributed by atoms with Crippen molar-refractivity contribution in [2.24, 2.45) is 0 Å². The number of ether oxygens (including phenoxy) is 5. The van der Waals surface area contributed by atoms with Gasteiger partial charge in [-0.15, -0.1) is 0 Å². The zero-order valence-electron chi connectivity index (χ0n) is 15.9. The second-order valence-corrected chi connectivity index (χ2v) is 5.53. The Morgan fingerprint density at radius 3 is 1.86 bits per heavy atom. The molecule has 2 aromatic rings. The molecule has 0 unspecified atom stereocenters. The number of hydrogen-bond donors (Lipinski definition) is 0. The number of methoxy groups -OCH3 is 3. The molecule has 0 amide bonds. The molecule has 2 rings (SSSR count). The summed E-state index contributed by atoms with van der Waals surface area (Å²) in [7, 11) is 4.30. The normalized spacial score (nSPS) is 10.0. The SMILES string of the molecule is COc1cc(C(=O)OCC(=O)c2ccc(OC(C)=O)cc2)cc(OC)c1OC. The van der Waals surface area contributed by atoms with Crippen LogP contribution in [0.3, 0.4) is 0 Å². The molecule has 0 bridgehead atoms. The third kappa shape index (κ3) is 5.00. The van der Waals surface area contributed by atoms with E-state index in [1.54, 1.807) is 0 Å². The van der Waals surface area contributed by atoms with E-state index in [2.05, 4.69) is 0 Å². The third-order valence-electron chi connectivity index (χ3n) is 3.67. The van der Waals surface area contributed by atoms with Gasteiger partial charge in [-0.2, -0.15) is 0 Å². The van der Waals surface area contributed by atoms with Gasteiger partial charge in [-0.05, 0) is 36.4 Å². The quantitative estimate of drug-likeness (QED) is 0.387. The zero-order chi connectivity index (χ0) is 20.7. The molecule has 0 aromatic heterocycles. The molecule has 0 saturated heterocycles. The van der Waals surface area contributed by atoms with E-state index in [1.165, 1.54) is 64.7 Å². The van der Waals surface area contributed by atoms with Crippen LogP contribution in [0.1, 0.15) is 27.6 Å². The molecule has 2 aromatic carbocycles. The summed E-state index contributed by atoms with van der Waals surface area (Å²) >= 11 is 0. The van der Waals surface area contributed by atoms with Crippen LogP contribution in [0.5, 0.6) is 23.0 Å². The molecular formula is C20H20O8. The average Bonchev–Trinajstić information content (AvgIpc) is 2.70. The first-order valence-electron chi connectivity index (χ1n) is 8.18. The van der Waals surface area contributed by atoms with Crippen LogP contribution in [0.25, 0.3) is 0 Å². The highest BCUT2D eigenvalue weighted by atomic mass is 16.5. The fraction of sp³-hybridized carbons (Fsp3) is 0.250. The van der Waals surface area contributed by atoms with E-state index in [0.717, 1.165) is 0 Å². The topological polar surface area (TPSA) is 97.4 Å². The first kappa shape index (κ1) is 20.8. The molecule has 0 aliphatic rings. The second kappa shape index (κ2) is 9.40. The van der Waals surface area contributed by atoms with Crippen molar-refractivity contribution in [1.29, 1.82) is 0 Å². The largest absolute Gasteiger partial charge is 0.493 e. The standard InChI is InChI=1S/C20H20O8/c1-12(21)28-15-7-5-13(6-8-15)16(22)11-27-20(23)14-9-17(24-2)19(26-4)18(10-14)25-3/h5-10H,11H2,1-4H3. The molecule has 0 fully saturated rings. The third-order valence-corrected chi connectivity index (χ3v) is 3.67. The van der Waals surface area contributed by atoms with Crippen molar-refractivity contribution >= 4 is 17.7 Å². The minimum Gasteiger partial charge on any atom is -0.493 e. The Bertz CT molecular complexity index is 845. The Labute approximate surface area is 161 Å². The van der Waals surface area contributed by atoms with E-state index in [9.17, 15) is 14.4 Å². The first-order valence-corrected chi connectivity index (χ1v) is 8.18. The van der Waals surface area contributed by atoms with E-state index >= 15 is 0 Å². The first-order chi connectivity index (χ1) is 13.4. The number of carbonyl (C=O) groups is 3. The van der Waals surface area contributed by atoms with Gasteiger partial charge in [0.25, 0.3) is 0 Å². The van der Waals surface area contributed by atoms with Crippen LogP contribution < -0.4 is 18.9 Å². The summed E-state index contributed by atoms with van der Waals surface area (Å²) in [5.74, 6) is -0.344. The number of esters is 2. The van der Waals surface area contributed by atoms with E-state index in [0.29, 0.717) is 28.6 Å². The fourth-order valence-corrected chi connectivity index (χ4v) is 2.37. The maximum absolute atomic E-state index is 12.3. The highest BCUT2D eigenvalue weighted by molar-refractivity contribution is 5.99. The molecular weight excluding hydrogens is 368 g/mol. The van der Waals surface area contributed by atoms with Gasteiger partial charge in [-0.25, -0.2) is 4.79 Å². The lowest BCUT2D eigenvalue weighted by Crippen LogP contribution is -2.14. The molecule has 8 nitrogen and oxygen atoms in total. The minimum atomic E-state index is -0.718. The molecule has 0 aliphatic carbocycles. The van der Waals surface area contributed by atoms with Gasteiger partial charge >= 0.3 is 11.9 Å². The van der Waals surface area contributed by atoms with E-state index in [1.807, 2.05) is 0 Å². The van der Waals surface area contributed by atoms with Crippen LogP contribution in [0.2, 0.25) is 0 Å². The summed E-state index contributed by atoms with van der Waals surface area (Å²) in [5, 5.41) is 0. The van der Waals surface area contributed by atoms with Crippen molar-refractivity contribution in [3.05, 3.63) is 47.5 Å². The van der Waals surface area contributed by atoms with Gasteiger partial charge in [0.2, 0.25) is 5.75 Å². The monoisotopic (exact) mass is 388 g/mol. The van der Waals surface area contributed by atoms with Crippen LogP contribution in [-0.4, -0.2) is 45.7 Å². The highest BCUT2D eigenvalue weighted by Gasteiger charge is 2.19. The molecule has 0 radical (unpaired) electrons. The summed E-state index contributed by atoms with van der Waals surface area (Å²) in [4.78, 5) is 35.4. The Hall–Kier alpha value is -3.55. The zero-order valence-corrected chi connectivity index (χ0v) is 15.9. The molecule has 28 heavy (non-hydrogen) atoms. The maximum atomic E-state index is 12.3.